The van der Waals surface area contributed by atoms with Crippen molar-refractivity contribution in [3.8, 4) is 0 Å². The van der Waals surface area contributed by atoms with Crippen molar-refractivity contribution in [1.29, 1.82) is 0 Å². The van der Waals surface area contributed by atoms with Gasteiger partial charge in [-0.25, -0.2) is 4.79 Å². The molecule has 0 heterocycles. The lowest BCUT2D eigenvalue weighted by atomic mass is 10.2. The molecule has 0 spiro atoms. The molecule has 18 heavy (non-hydrogen) atoms. The van der Waals surface area contributed by atoms with Crippen LogP contribution < -0.4 is 5.32 Å². The van der Waals surface area contributed by atoms with Crippen LogP contribution in [0.2, 0.25) is 0 Å². The Morgan fingerprint density at radius 2 is 2.00 bits per heavy atom. The minimum atomic E-state index is -4.73. The van der Waals surface area contributed by atoms with Gasteiger partial charge in [-0.05, 0) is 0 Å². The molecule has 0 radical (unpaired) electrons. The molecule has 0 aliphatic carbocycles. The van der Waals surface area contributed by atoms with E-state index in [1.165, 1.54) is 14.0 Å². The van der Waals surface area contributed by atoms with Crippen LogP contribution >= 0.6 is 0 Å². The zero-order valence-corrected chi connectivity index (χ0v) is 9.95. The molecule has 106 valence electrons. The molecule has 0 rings (SSSR count). The summed E-state index contributed by atoms with van der Waals surface area (Å²) in [6, 6.07) is -0.658. The van der Waals surface area contributed by atoms with E-state index in [0.29, 0.717) is 0 Å². The molecule has 0 bridgehead atoms. The highest BCUT2D eigenvalue weighted by Crippen LogP contribution is 2.15. The third-order valence-electron chi connectivity index (χ3n) is 1.96. The van der Waals surface area contributed by atoms with Crippen molar-refractivity contribution in [2.75, 3.05) is 26.7 Å². The molecule has 0 aliphatic heterocycles. The molecule has 2 amide bonds. The highest BCUT2D eigenvalue weighted by Gasteiger charge is 2.28. The van der Waals surface area contributed by atoms with Gasteiger partial charge in [-0.3, -0.25) is 9.53 Å². The Balaban J connectivity index is 3.85. The lowest BCUT2D eigenvalue weighted by Gasteiger charge is -2.20. The van der Waals surface area contributed by atoms with Crippen molar-refractivity contribution in [2.24, 2.45) is 5.92 Å². The molecule has 1 atom stereocenters. The number of hydrogen-bond donors (Lipinski definition) is 2. The van der Waals surface area contributed by atoms with Gasteiger partial charge in [0.15, 0.2) is 0 Å². The van der Waals surface area contributed by atoms with Gasteiger partial charge in [-0.15, -0.1) is 13.2 Å². The number of carbonyl (C=O) groups is 2. The Morgan fingerprint density at radius 1 is 1.44 bits per heavy atom. The van der Waals surface area contributed by atoms with Gasteiger partial charge >= 0.3 is 18.4 Å². The third-order valence-corrected chi connectivity index (χ3v) is 1.96. The van der Waals surface area contributed by atoms with Gasteiger partial charge in [0.05, 0.1) is 12.5 Å². The van der Waals surface area contributed by atoms with Crippen LogP contribution in [0.5, 0.6) is 0 Å². The van der Waals surface area contributed by atoms with E-state index in [4.69, 9.17) is 5.11 Å². The van der Waals surface area contributed by atoms with E-state index >= 15 is 0 Å². The van der Waals surface area contributed by atoms with Crippen LogP contribution in [0.3, 0.4) is 0 Å². The maximum absolute atomic E-state index is 11.6. The summed E-state index contributed by atoms with van der Waals surface area (Å²) in [5, 5.41) is 10.8. The summed E-state index contributed by atoms with van der Waals surface area (Å²) in [6.07, 6.45) is -4.73. The monoisotopic (exact) mass is 272 g/mol. The predicted molar refractivity (Wildman–Crippen MR) is 54.8 cm³/mol. The van der Waals surface area contributed by atoms with Crippen molar-refractivity contribution in [1.82, 2.24) is 10.2 Å². The molecule has 6 nitrogen and oxygen atoms in total. The summed E-state index contributed by atoms with van der Waals surface area (Å²) in [5.74, 6) is -1.82. The van der Waals surface area contributed by atoms with E-state index in [9.17, 15) is 22.8 Å². The molecule has 0 aromatic carbocycles. The fourth-order valence-corrected chi connectivity index (χ4v) is 1.03. The van der Waals surface area contributed by atoms with Crippen LogP contribution in [0.1, 0.15) is 6.92 Å². The fourth-order valence-electron chi connectivity index (χ4n) is 1.03. The lowest BCUT2D eigenvalue weighted by Crippen LogP contribution is -2.42. The van der Waals surface area contributed by atoms with Crippen LogP contribution in [-0.4, -0.2) is 55.1 Å². The minimum absolute atomic E-state index is 0.0404. The standard InChI is InChI=1S/C9H15F3N2O4/c1-6(7(15)16)5-14(2)8(17)13-3-4-18-9(10,11)12/h6H,3-5H2,1-2H3,(H,13,17)(H,15,16). The number of ether oxygens (including phenoxy) is 1. The first kappa shape index (κ1) is 16.5. The number of aliphatic carboxylic acids is 1. The average Bonchev–Trinajstić information content (AvgIpc) is 2.22. The summed E-state index contributed by atoms with van der Waals surface area (Å²) in [6.45, 7) is 0.363. The lowest BCUT2D eigenvalue weighted by molar-refractivity contribution is -0.323. The molecular weight excluding hydrogens is 257 g/mol. The molecule has 0 saturated carbocycles. The largest absolute Gasteiger partial charge is 0.522 e. The van der Waals surface area contributed by atoms with Crippen LogP contribution in [0, 0.1) is 5.92 Å². The number of carboxylic acids is 1. The first-order valence-electron chi connectivity index (χ1n) is 5.06. The maximum Gasteiger partial charge on any atom is 0.522 e. The van der Waals surface area contributed by atoms with Crippen molar-refractivity contribution < 1.29 is 32.6 Å². The van der Waals surface area contributed by atoms with Gasteiger partial charge in [-0.2, -0.15) is 0 Å². The van der Waals surface area contributed by atoms with Crippen molar-refractivity contribution >= 4 is 12.0 Å². The topological polar surface area (TPSA) is 78.9 Å². The van der Waals surface area contributed by atoms with E-state index < -0.39 is 30.9 Å². The van der Waals surface area contributed by atoms with Gasteiger partial charge in [0.25, 0.3) is 0 Å². The fraction of sp³-hybridized carbons (Fsp3) is 0.778. The number of nitrogens with zero attached hydrogens (tertiary/aromatic N) is 1. The van der Waals surface area contributed by atoms with Gasteiger partial charge in [-0.1, -0.05) is 6.92 Å². The second-order valence-corrected chi connectivity index (χ2v) is 3.65. The summed E-state index contributed by atoms with van der Waals surface area (Å²) in [4.78, 5) is 22.9. The van der Waals surface area contributed by atoms with Crippen LogP contribution in [0.15, 0.2) is 0 Å². The van der Waals surface area contributed by atoms with E-state index in [2.05, 4.69) is 10.1 Å². The highest BCUT2D eigenvalue weighted by atomic mass is 19.4. The molecule has 2 N–H and O–H groups in total. The van der Waals surface area contributed by atoms with Gasteiger partial charge in [0.2, 0.25) is 0 Å². The van der Waals surface area contributed by atoms with E-state index in [1.807, 2.05) is 0 Å². The first-order chi connectivity index (χ1) is 8.13. The summed E-state index contributed by atoms with van der Waals surface area (Å²) < 4.78 is 38.2. The summed E-state index contributed by atoms with van der Waals surface area (Å²) >= 11 is 0. The number of alkyl halides is 3. The molecular formula is C9H15F3N2O4. The quantitative estimate of drug-likeness (QED) is 0.704. The Labute approximate surface area is 102 Å². The normalized spacial score (nSPS) is 12.9. The number of nitrogens with one attached hydrogen (secondary N) is 1. The van der Waals surface area contributed by atoms with Gasteiger partial charge in [0, 0.05) is 20.1 Å². The number of hydrogen-bond acceptors (Lipinski definition) is 3. The molecule has 0 aliphatic rings. The third kappa shape index (κ3) is 7.71. The van der Waals surface area contributed by atoms with Crippen molar-refractivity contribution in [3.63, 3.8) is 0 Å². The minimum Gasteiger partial charge on any atom is -0.481 e. The van der Waals surface area contributed by atoms with E-state index in [0.717, 1.165) is 4.90 Å². The molecule has 0 aromatic heterocycles. The van der Waals surface area contributed by atoms with Gasteiger partial charge in [0.1, 0.15) is 0 Å². The average molecular weight is 272 g/mol. The van der Waals surface area contributed by atoms with E-state index in [-0.39, 0.29) is 13.1 Å². The Morgan fingerprint density at radius 3 is 2.44 bits per heavy atom. The molecule has 9 heteroatoms. The zero-order chi connectivity index (χ0) is 14.3. The molecule has 0 saturated heterocycles. The molecule has 1 unspecified atom stereocenters. The highest BCUT2D eigenvalue weighted by molar-refractivity contribution is 5.75. The Kier molecular flexibility index (Phi) is 6.45. The van der Waals surface area contributed by atoms with Gasteiger partial charge < -0.3 is 15.3 Å². The Bertz CT molecular complexity index is 296. The number of urea groups is 1. The van der Waals surface area contributed by atoms with Crippen molar-refractivity contribution in [3.05, 3.63) is 0 Å². The SMILES string of the molecule is CC(CN(C)C(=O)NCCOC(F)(F)F)C(=O)O. The molecule has 0 fully saturated rings. The summed E-state index contributed by atoms with van der Waals surface area (Å²) in [5.41, 5.74) is 0. The van der Waals surface area contributed by atoms with Crippen LogP contribution in [0.4, 0.5) is 18.0 Å². The Hall–Kier alpha value is -1.51. The molecule has 0 aromatic rings. The number of amides is 2. The van der Waals surface area contributed by atoms with Crippen LogP contribution in [0.25, 0.3) is 0 Å². The number of carboxylic acid groups (broad SMARTS) is 1. The number of halogens is 3. The second kappa shape index (κ2) is 7.04. The first-order valence-corrected chi connectivity index (χ1v) is 5.06. The van der Waals surface area contributed by atoms with E-state index in [1.54, 1.807) is 0 Å². The number of carbonyl (C=O) groups excluding carboxylic acids is 1. The van der Waals surface area contributed by atoms with Crippen molar-refractivity contribution in [2.45, 2.75) is 13.3 Å². The second-order valence-electron chi connectivity index (χ2n) is 3.65. The summed E-state index contributed by atoms with van der Waals surface area (Å²) in [7, 11) is 1.35. The predicted octanol–water partition coefficient (Wildman–Crippen LogP) is 0.885. The smallest absolute Gasteiger partial charge is 0.481 e. The van der Waals surface area contributed by atoms with Crippen LogP contribution in [-0.2, 0) is 9.53 Å². The number of rotatable bonds is 6. The zero-order valence-electron chi connectivity index (χ0n) is 9.95. The maximum atomic E-state index is 11.6.